The van der Waals surface area contributed by atoms with Gasteiger partial charge in [0, 0.05) is 36.0 Å². The maximum Gasteiger partial charge on any atom is 0.220 e. The molecule has 0 aliphatic carbocycles. The molecule has 1 unspecified atom stereocenters. The number of carbonyl (C=O) groups is 1. The van der Waals surface area contributed by atoms with Crippen molar-refractivity contribution in [1.29, 1.82) is 0 Å². The molecule has 2 aromatic carbocycles. The molecule has 3 rings (SSSR count). The van der Waals surface area contributed by atoms with Crippen LogP contribution in [0.15, 0.2) is 54.7 Å². The van der Waals surface area contributed by atoms with Crippen molar-refractivity contribution >= 4 is 16.8 Å². The third kappa shape index (κ3) is 3.98. The quantitative estimate of drug-likeness (QED) is 0.618. The van der Waals surface area contributed by atoms with Crippen LogP contribution in [0.2, 0.25) is 0 Å². The molecule has 0 saturated carbocycles. The lowest BCUT2D eigenvalue weighted by Crippen LogP contribution is -2.28. The molecule has 1 atom stereocenters. The minimum atomic E-state index is 0.0456. The van der Waals surface area contributed by atoms with Crippen LogP contribution in [0.25, 0.3) is 10.9 Å². The summed E-state index contributed by atoms with van der Waals surface area (Å²) in [5.74, 6) is 0.604. The van der Waals surface area contributed by atoms with Gasteiger partial charge in [0.2, 0.25) is 5.91 Å². The highest BCUT2D eigenvalue weighted by molar-refractivity contribution is 5.88. The topological polar surface area (TPSA) is 44.9 Å². The number of nitrogens with one attached hydrogen (secondary N) is 2. The Morgan fingerprint density at radius 1 is 1.08 bits per heavy atom. The molecule has 0 fully saturated rings. The van der Waals surface area contributed by atoms with Crippen molar-refractivity contribution < 1.29 is 4.79 Å². The molecule has 1 amide bonds. The van der Waals surface area contributed by atoms with E-state index in [1.807, 2.05) is 18.2 Å². The van der Waals surface area contributed by atoms with E-state index in [1.54, 1.807) is 0 Å². The minimum absolute atomic E-state index is 0.0456. The largest absolute Gasteiger partial charge is 0.361 e. The van der Waals surface area contributed by atoms with E-state index in [2.05, 4.69) is 67.6 Å². The lowest BCUT2D eigenvalue weighted by molar-refractivity contribution is -0.121. The maximum absolute atomic E-state index is 12.6. The molecule has 1 aromatic heterocycles. The van der Waals surface area contributed by atoms with Crippen molar-refractivity contribution in [3.05, 3.63) is 71.4 Å². The molecule has 0 aliphatic heterocycles. The van der Waals surface area contributed by atoms with Gasteiger partial charge < -0.3 is 10.3 Å². The first-order valence-electron chi connectivity index (χ1n) is 9.50. The molecule has 0 bridgehead atoms. The summed E-state index contributed by atoms with van der Waals surface area (Å²) in [4.78, 5) is 16.0. The van der Waals surface area contributed by atoms with Crippen molar-refractivity contribution in [1.82, 2.24) is 10.3 Å². The molecular formula is C23H28N2O. The Morgan fingerprint density at radius 3 is 2.54 bits per heavy atom. The monoisotopic (exact) mass is 348 g/mol. The SMILES string of the molecule is CCc1cccc2c(C(CC(=O)NCC(C)C)c3ccccc3)c[nH]c12. The van der Waals surface area contributed by atoms with E-state index in [0.717, 1.165) is 6.42 Å². The summed E-state index contributed by atoms with van der Waals surface area (Å²) in [6.07, 6.45) is 3.53. The third-order valence-corrected chi connectivity index (χ3v) is 4.89. The Hall–Kier alpha value is -2.55. The Labute approximate surface area is 155 Å². The number of benzene rings is 2. The summed E-state index contributed by atoms with van der Waals surface area (Å²) in [5.41, 5.74) is 4.87. The van der Waals surface area contributed by atoms with Gasteiger partial charge in [-0.25, -0.2) is 0 Å². The zero-order chi connectivity index (χ0) is 18.5. The van der Waals surface area contributed by atoms with E-state index < -0.39 is 0 Å². The normalized spacial score (nSPS) is 12.5. The number of fused-ring (bicyclic) bond motifs is 1. The van der Waals surface area contributed by atoms with E-state index in [-0.39, 0.29) is 11.8 Å². The number of aromatic amines is 1. The highest BCUT2D eigenvalue weighted by Gasteiger charge is 2.21. The van der Waals surface area contributed by atoms with Gasteiger partial charge in [-0.2, -0.15) is 0 Å². The Balaban J connectivity index is 1.98. The Kier molecular flexibility index (Phi) is 5.77. The van der Waals surface area contributed by atoms with Crippen molar-refractivity contribution in [2.75, 3.05) is 6.54 Å². The second kappa shape index (κ2) is 8.22. The predicted molar refractivity (Wildman–Crippen MR) is 108 cm³/mol. The first kappa shape index (κ1) is 18.2. The summed E-state index contributed by atoms with van der Waals surface area (Å²) >= 11 is 0. The molecule has 0 saturated heterocycles. The van der Waals surface area contributed by atoms with Crippen molar-refractivity contribution in [3.8, 4) is 0 Å². The molecular weight excluding hydrogens is 320 g/mol. The first-order chi connectivity index (χ1) is 12.6. The van der Waals surface area contributed by atoms with Gasteiger partial charge in [0.15, 0.2) is 0 Å². The van der Waals surface area contributed by atoms with Crippen LogP contribution in [0.1, 0.15) is 49.8 Å². The number of hydrogen-bond donors (Lipinski definition) is 2. The fraction of sp³-hybridized carbons (Fsp3) is 0.348. The van der Waals surface area contributed by atoms with Crippen LogP contribution >= 0.6 is 0 Å². The van der Waals surface area contributed by atoms with Crippen molar-refractivity contribution in [2.45, 2.75) is 39.5 Å². The molecule has 3 aromatic rings. The van der Waals surface area contributed by atoms with Crippen molar-refractivity contribution in [2.24, 2.45) is 5.92 Å². The molecule has 0 spiro atoms. The lowest BCUT2D eigenvalue weighted by atomic mass is 9.87. The van der Waals surface area contributed by atoms with E-state index in [9.17, 15) is 4.79 Å². The number of amides is 1. The summed E-state index contributed by atoms with van der Waals surface area (Å²) in [5, 5.41) is 4.28. The lowest BCUT2D eigenvalue weighted by Gasteiger charge is -2.18. The van der Waals surface area contributed by atoms with Crippen LogP contribution < -0.4 is 5.32 Å². The van der Waals surface area contributed by atoms with Crippen LogP contribution in [0.3, 0.4) is 0 Å². The van der Waals surface area contributed by atoms with Gasteiger partial charge in [0.25, 0.3) is 0 Å². The number of rotatable bonds is 7. The number of hydrogen-bond acceptors (Lipinski definition) is 1. The number of aromatic nitrogens is 1. The average Bonchev–Trinajstić information content (AvgIpc) is 3.09. The van der Waals surface area contributed by atoms with Crippen LogP contribution in [-0.2, 0) is 11.2 Å². The summed E-state index contributed by atoms with van der Waals surface area (Å²) in [7, 11) is 0. The molecule has 1 heterocycles. The second-order valence-corrected chi connectivity index (χ2v) is 7.30. The number of H-pyrrole nitrogens is 1. The van der Waals surface area contributed by atoms with Gasteiger partial charge in [-0.05, 0) is 29.0 Å². The third-order valence-electron chi connectivity index (χ3n) is 4.89. The van der Waals surface area contributed by atoms with Gasteiger partial charge in [-0.15, -0.1) is 0 Å². The second-order valence-electron chi connectivity index (χ2n) is 7.30. The van der Waals surface area contributed by atoms with Crippen LogP contribution in [0.4, 0.5) is 0 Å². The molecule has 3 nitrogen and oxygen atoms in total. The Morgan fingerprint density at radius 2 is 1.85 bits per heavy atom. The summed E-state index contributed by atoms with van der Waals surface area (Å²) < 4.78 is 0. The van der Waals surface area contributed by atoms with E-state index in [4.69, 9.17) is 0 Å². The standard InChI is InChI=1S/C23H28N2O/c1-4-17-11-8-12-19-21(15-25-23(17)19)20(18-9-6-5-7-10-18)13-22(26)24-14-16(2)3/h5-12,15-16,20,25H,4,13-14H2,1-3H3,(H,24,26). The Bertz CT molecular complexity index is 864. The summed E-state index contributed by atoms with van der Waals surface area (Å²) in [6, 6.07) is 16.8. The maximum atomic E-state index is 12.6. The molecule has 0 aliphatic rings. The van der Waals surface area contributed by atoms with E-state index >= 15 is 0 Å². The van der Waals surface area contributed by atoms with Gasteiger partial charge in [0.05, 0.1) is 0 Å². The van der Waals surface area contributed by atoms with E-state index in [1.165, 1.54) is 27.6 Å². The molecule has 136 valence electrons. The van der Waals surface area contributed by atoms with E-state index in [0.29, 0.717) is 18.9 Å². The van der Waals surface area contributed by atoms with Gasteiger partial charge >= 0.3 is 0 Å². The fourth-order valence-electron chi connectivity index (χ4n) is 3.49. The van der Waals surface area contributed by atoms with Crippen LogP contribution in [0.5, 0.6) is 0 Å². The van der Waals surface area contributed by atoms with Crippen LogP contribution in [0, 0.1) is 5.92 Å². The van der Waals surface area contributed by atoms with Gasteiger partial charge in [-0.1, -0.05) is 69.3 Å². The molecule has 26 heavy (non-hydrogen) atoms. The highest BCUT2D eigenvalue weighted by Crippen LogP contribution is 2.34. The number of aryl methyl sites for hydroxylation is 1. The van der Waals surface area contributed by atoms with Gasteiger partial charge in [-0.3, -0.25) is 4.79 Å². The highest BCUT2D eigenvalue weighted by atomic mass is 16.1. The van der Waals surface area contributed by atoms with Gasteiger partial charge in [0.1, 0.15) is 0 Å². The number of para-hydroxylation sites is 1. The smallest absolute Gasteiger partial charge is 0.220 e. The zero-order valence-corrected chi connectivity index (χ0v) is 15.9. The predicted octanol–water partition coefficient (Wildman–Crippen LogP) is 5.02. The first-order valence-corrected chi connectivity index (χ1v) is 9.50. The zero-order valence-electron chi connectivity index (χ0n) is 15.9. The number of carbonyl (C=O) groups excluding carboxylic acids is 1. The molecule has 2 N–H and O–H groups in total. The molecule has 3 heteroatoms. The minimum Gasteiger partial charge on any atom is -0.361 e. The average molecular weight is 348 g/mol. The summed E-state index contributed by atoms with van der Waals surface area (Å²) in [6.45, 7) is 7.11. The fourth-order valence-corrected chi connectivity index (χ4v) is 3.49. The van der Waals surface area contributed by atoms with Crippen LogP contribution in [-0.4, -0.2) is 17.4 Å². The molecule has 0 radical (unpaired) electrons. The van der Waals surface area contributed by atoms with Crippen molar-refractivity contribution in [3.63, 3.8) is 0 Å².